The summed E-state index contributed by atoms with van der Waals surface area (Å²) in [6.45, 7) is 5.78. The van der Waals surface area contributed by atoms with Crippen LogP contribution >= 0.6 is 0 Å². The molecule has 2 heterocycles. The van der Waals surface area contributed by atoms with Crippen molar-refractivity contribution in [3.63, 3.8) is 0 Å². The van der Waals surface area contributed by atoms with Crippen LogP contribution in [0.4, 0.5) is 0 Å². The second kappa shape index (κ2) is 5.75. The number of rotatable bonds is 3. The van der Waals surface area contributed by atoms with Crippen LogP contribution in [0.15, 0.2) is 24.5 Å². The number of primary amides is 1. The zero-order valence-corrected chi connectivity index (χ0v) is 12.3. The summed E-state index contributed by atoms with van der Waals surface area (Å²) in [5, 5.41) is 0. The molecule has 0 bridgehead atoms. The van der Waals surface area contributed by atoms with E-state index in [9.17, 15) is 4.79 Å². The molecule has 21 heavy (non-hydrogen) atoms. The molecule has 2 rings (SSSR count). The topological polar surface area (TPSA) is 94.9 Å². The maximum atomic E-state index is 11.3. The Morgan fingerprint density at radius 3 is 2.29 bits per heavy atom. The molecule has 0 atom stereocenters. The number of carbonyl (C=O) groups is 1. The summed E-state index contributed by atoms with van der Waals surface area (Å²) < 4.78 is 0. The highest BCUT2D eigenvalue weighted by Crippen LogP contribution is 2.20. The maximum Gasteiger partial charge on any atom is 0.267 e. The molecule has 0 aliphatic heterocycles. The minimum absolute atomic E-state index is 0.255. The highest BCUT2D eigenvalue weighted by atomic mass is 16.1. The van der Waals surface area contributed by atoms with Gasteiger partial charge in [-0.05, 0) is 61.2 Å². The Bertz CT molecular complexity index is 735. The van der Waals surface area contributed by atoms with E-state index in [1.807, 2.05) is 19.9 Å². The van der Waals surface area contributed by atoms with E-state index >= 15 is 0 Å². The van der Waals surface area contributed by atoms with E-state index in [1.54, 1.807) is 31.5 Å². The molecule has 2 aromatic heterocycles. The summed E-state index contributed by atoms with van der Waals surface area (Å²) in [4.78, 5) is 19.6. The van der Waals surface area contributed by atoms with E-state index in [1.165, 1.54) is 0 Å². The van der Waals surface area contributed by atoms with Crippen LogP contribution < -0.4 is 11.5 Å². The van der Waals surface area contributed by atoms with Crippen molar-refractivity contribution in [2.45, 2.75) is 20.8 Å². The van der Waals surface area contributed by atoms with Gasteiger partial charge in [0.1, 0.15) is 5.69 Å². The fourth-order valence-corrected chi connectivity index (χ4v) is 2.11. The number of nitrogens with zero attached hydrogens (tertiary/aromatic N) is 2. The molecular weight excluding hydrogens is 264 g/mol. The zero-order chi connectivity index (χ0) is 15.6. The minimum atomic E-state index is -0.550. The predicted molar refractivity (Wildman–Crippen MR) is 83.3 cm³/mol. The monoisotopic (exact) mass is 282 g/mol. The molecule has 108 valence electrons. The molecule has 2 aromatic rings. The standard InChI is InChI=1S/C16H18N4O/c1-9-4-6-19-14(10(9)2)13(17)8-12-5-7-20-15(11(12)3)16(18)21/h4-8H,17H2,1-3H3,(H2,18,21)/b13-8-. The van der Waals surface area contributed by atoms with Crippen LogP contribution in [0, 0.1) is 20.8 Å². The number of nitrogens with two attached hydrogens (primary N) is 2. The molecular formula is C16H18N4O. The molecule has 0 aromatic carbocycles. The van der Waals surface area contributed by atoms with Gasteiger partial charge < -0.3 is 11.5 Å². The van der Waals surface area contributed by atoms with Gasteiger partial charge in [-0.2, -0.15) is 0 Å². The van der Waals surface area contributed by atoms with Crippen molar-refractivity contribution in [2.24, 2.45) is 11.5 Å². The summed E-state index contributed by atoms with van der Waals surface area (Å²) >= 11 is 0. The molecule has 0 radical (unpaired) electrons. The molecule has 0 saturated carbocycles. The Morgan fingerprint density at radius 2 is 1.62 bits per heavy atom. The van der Waals surface area contributed by atoms with Crippen molar-refractivity contribution in [2.75, 3.05) is 0 Å². The number of hydrogen-bond donors (Lipinski definition) is 2. The van der Waals surface area contributed by atoms with Gasteiger partial charge >= 0.3 is 0 Å². The molecule has 0 aliphatic rings. The van der Waals surface area contributed by atoms with E-state index in [0.29, 0.717) is 11.3 Å². The van der Waals surface area contributed by atoms with E-state index in [-0.39, 0.29) is 5.69 Å². The number of aromatic nitrogens is 2. The second-order valence-electron chi connectivity index (χ2n) is 4.94. The van der Waals surface area contributed by atoms with Crippen molar-refractivity contribution in [1.29, 1.82) is 0 Å². The number of aryl methyl sites for hydroxylation is 1. The van der Waals surface area contributed by atoms with Crippen LogP contribution in [0.2, 0.25) is 0 Å². The molecule has 5 nitrogen and oxygen atoms in total. The molecule has 4 N–H and O–H groups in total. The first-order valence-electron chi connectivity index (χ1n) is 6.57. The molecule has 0 spiro atoms. The van der Waals surface area contributed by atoms with E-state index in [0.717, 1.165) is 22.4 Å². The van der Waals surface area contributed by atoms with Crippen LogP contribution in [-0.4, -0.2) is 15.9 Å². The molecule has 5 heteroatoms. The molecule has 0 aliphatic carbocycles. The lowest BCUT2D eigenvalue weighted by Crippen LogP contribution is -2.15. The van der Waals surface area contributed by atoms with Crippen molar-refractivity contribution in [3.8, 4) is 0 Å². The molecule has 0 fully saturated rings. The Kier molecular flexibility index (Phi) is 4.03. The lowest BCUT2D eigenvalue weighted by molar-refractivity contribution is 0.0995. The number of pyridine rings is 2. The first-order valence-corrected chi connectivity index (χ1v) is 6.57. The lowest BCUT2D eigenvalue weighted by atomic mass is 10.0. The Morgan fingerprint density at radius 1 is 1.00 bits per heavy atom. The van der Waals surface area contributed by atoms with Gasteiger partial charge in [-0.3, -0.25) is 14.8 Å². The van der Waals surface area contributed by atoms with Crippen molar-refractivity contribution >= 4 is 17.7 Å². The van der Waals surface area contributed by atoms with Crippen LogP contribution in [0.25, 0.3) is 11.8 Å². The highest BCUT2D eigenvalue weighted by molar-refractivity contribution is 5.93. The van der Waals surface area contributed by atoms with Crippen molar-refractivity contribution in [1.82, 2.24) is 9.97 Å². The van der Waals surface area contributed by atoms with Gasteiger partial charge in [-0.15, -0.1) is 0 Å². The summed E-state index contributed by atoms with van der Waals surface area (Å²) in [7, 11) is 0. The van der Waals surface area contributed by atoms with Gasteiger partial charge in [0.15, 0.2) is 0 Å². The Hall–Kier alpha value is -2.69. The molecule has 0 unspecified atom stereocenters. The second-order valence-corrected chi connectivity index (χ2v) is 4.94. The van der Waals surface area contributed by atoms with Gasteiger partial charge in [0, 0.05) is 12.4 Å². The van der Waals surface area contributed by atoms with Gasteiger partial charge in [0.05, 0.1) is 11.4 Å². The van der Waals surface area contributed by atoms with Gasteiger partial charge in [-0.1, -0.05) is 0 Å². The fourth-order valence-electron chi connectivity index (χ4n) is 2.11. The summed E-state index contributed by atoms with van der Waals surface area (Å²) in [5.41, 5.74) is 16.7. The lowest BCUT2D eigenvalue weighted by Gasteiger charge is -2.09. The summed E-state index contributed by atoms with van der Waals surface area (Å²) in [6, 6.07) is 3.73. The maximum absolute atomic E-state index is 11.3. The van der Waals surface area contributed by atoms with Crippen molar-refractivity contribution < 1.29 is 4.79 Å². The fraction of sp³-hybridized carbons (Fsp3) is 0.188. The first-order chi connectivity index (χ1) is 9.91. The van der Waals surface area contributed by atoms with E-state index < -0.39 is 5.91 Å². The van der Waals surface area contributed by atoms with Gasteiger partial charge in [-0.25, -0.2) is 0 Å². The number of amides is 1. The Balaban J connectivity index is 2.51. The van der Waals surface area contributed by atoms with Gasteiger partial charge in [0.2, 0.25) is 0 Å². The quantitative estimate of drug-likeness (QED) is 0.899. The minimum Gasteiger partial charge on any atom is -0.397 e. The SMILES string of the molecule is Cc1ccnc(/C(N)=C/c2ccnc(C(N)=O)c2C)c1C. The molecule has 0 saturated heterocycles. The van der Waals surface area contributed by atoms with Gasteiger partial charge in [0.25, 0.3) is 5.91 Å². The van der Waals surface area contributed by atoms with Crippen LogP contribution in [0.5, 0.6) is 0 Å². The average Bonchev–Trinajstić information content (AvgIpc) is 2.43. The normalized spacial score (nSPS) is 11.5. The Labute approximate surface area is 123 Å². The third-order valence-corrected chi connectivity index (χ3v) is 3.54. The van der Waals surface area contributed by atoms with E-state index in [2.05, 4.69) is 9.97 Å². The van der Waals surface area contributed by atoms with Crippen molar-refractivity contribution in [3.05, 3.63) is 58.2 Å². The summed E-state index contributed by atoms with van der Waals surface area (Å²) in [5.74, 6) is -0.550. The first kappa shape index (κ1) is 14.7. The smallest absolute Gasteiger partial charge is 0.267 e. The van der Waals surface area contributed by atoms with Crippen LogP contribution in [-0.2, 0) is 0 Å². The summed E-state index contributed by atoms with van der Waals surface area (Å²) in [6.07, 6.45) is 5.06. The third-order valence-electron chi connectivity index (χ3n) is 3.54. The average molecular weight is 282 g/mol. The van der Waals surface area contributed by atoms with Crippen LogP contribution in [0.1, 0.15) is 38.4 Å². The van der Waals surface area contributed by atoms with Crippen LogP contribution in [0.3, 0.4) is 0 Å². The zero-order valence-electron chi connectivity index (χ0n) is 12.3. The number of carbonyl (C=O) groups excluding carboxylic acids is 1. The largest absolute Gasteiger partial charge is 0.397 e. The predicted octanol–water partition coefficient (Wildman–Crippen LogP) is 1.96. The highest BCUT2D eigenvalue weighted by Gasteiger charge is 2.10. The molecule has 1 amide bonds. The van der Waals surface area contributed by atoms with E-state index in [4.69, 9.17) is 11.5 Å². The number of hydrogen-bond acceptors (Lipinski definition) is 4. The third kappa shape index (κ3) is 2.91.